The number of aliphatic hydroxyl groups is 1. The van der Waals surface area contributed by atoms with E-state index in [1.54, 1.807) is 29.8 Å². The average Bonchev–Trinajstić information content (AvgIpc) is 3.46. The molecule has 0 radical (unpaired) electrons. The predicted molar refractivity (Wildman–Crippen MR) is 105 cm³/mol. The SMILES string of the molecule is CC(CO)n1c(=O)c2c(-c3noc(C4CCOC4)n3)ncn2c2ccc(Cl)cc21. The van der Waals surface area contributed by atoms with Crippen molar-refractivity contribution in [3.63, 3.8) is 0 Å². The molecule has 1 saturated heterocycles. The topological polar surface area (TPSA) is 108 Å². The lowest BCUT2D eigenvalue weighted by Crippen LogP contribution is -2.27. The van der Waals surface area contributed by atoms with Gasteiger partial charge in [-0.05, 0) is 31.5 Å². The molecule has 0 amide bonds. The average molecular weight is 416 g/mol. The summed E-state index contributed by atoms with van der Waals surface area (Å²) < 4.78 is 14.0. The van der Waals surface area contributed by atoms with E-state index in [1.165, 1.54) is 4.57 Å². The van der Waals surface area contributed by atoms with Gasteiger partial charge in [0.15, 0.2) is 0 Å². The molecule has 4 heterocycles. The summed E-state index contributed by atoms with van der Waals surface area (Å²) >= 11 is 6.16. The fourth-order valence-electron chi connectivity index (χ4n) is 3.76. The second-order valence-electron chi connectivity index (χ2n) is 7.17. The third kappa shape index (κ3) is 2.85. The zero-order chi connectivity index (χ0) is 20.1. The van der Waals surface area contributed by atoms with Crippen LogP contribution < -0.4 is 5.56 Å². The Labute approximate surface area is 169 Å². The molecule has 0 bridgehead atoms. The first-order valence-electron chi connectivity index (χ1n) is 9.32. The number of imidazole rings is 1. The molecule has 1 N–H and O–H groups in total. The van der Waals surface area contributed by atoms with Gasteiger partial charge in [-0.2, -0.15) is 4.98 Å². The Hall–Kier alpha value is -2.75. The normalized spacial score (nSPS) is 18.1. The minimum Gasteiger partial charge on any atom is -0.394 e. The molecule has 0 aliphatic carbocycles. The Kier molecular flexibility index (Phi) is 4.38. The van der Waals surface area contributed by atoms with Crippen molar-refractivity contribution in [2.24, 2.45) is 0 Å². The van der Waals surface area contributed by atoms with Gasteiger partial charge in [0, 0.05) is 11.6 Å². The van der Waals surface area contributed by atoms with E-state index in [-0.39, 0.29) is 23.9 Å². The van der Waals surface area contributed by atoms with Crippen LogP contribution in [0.4, 0.5) is 0 Å². The van der Waals surface area contributed by atoms with E-state index in [0.717, 1.165) is 11.9 Å². The number of nitrogens with zero attached hydrogens (tertiary/aromatic N) is 5. The van der Waals surface area contributed by atoms with Gasteiger partial charge in [-0.25, -0.2) is 4.98 Å². The van der Waals surface area contributed by atoms with Crippen molar-refractivity contribution in [3.05, 3.63) is 45.8 Å². The molecule has 5 rings (SSSR count). The van der Waals surface area contributed by atoms with E-state index < -0.39 is 6.04 Å². The smallest absolute Gasteiger partial charge is 0.278 e. The Balaban J connectivity index is 1.77. The Morgan fingerprint density at radius 1 is 1.38 bits per heavy atom. The minimum absolute atomic E-state index is 0.0548. The van der Waals surface area contributed by atoms with Crippen LogP contribution in [0.25, 0.3) is 28.1 Å². The molecule has 3 aromatic heterocycles. The quantitative estimate of drug-likeness (QED) is 0.545. The minimum atomic E-state index is -0.451. The van der Waals surface area contributed by atoms with E-state index in [2.05, 4.69) is 15.1 Å². The van der Waals surface area contributed by atoms with Crippen LogP contribution in [-0.4, -0.2) is 49.0 Å². The summed E-state index contributed by atoms with van der Waals surface area (Å²) in [4.78, 5) is 22.3. The molecule has 0 saturated carbocycles. The largest absolute Gasteiger partial charge is 0.394 e. The molecule has 4 aromatic rings. The lowest BCUT2D eigenvalue weighted by atomic mass is 10.1. The maximum Gasteiger partial charge on any atom is 0.278 e. The van der Waals surface area contributed by atoms with Gasteiger partial charge in [0.05, 0.1) is 36.2 Å². The van der Waals surface area contributed by atoms with Gasteiger partial charge in [-0.3, -0.25) is 13.8 Å². The standard InChI is InChI=1S/C19H18ClN5O4/c1-10(7-26)25-14-6-12(20)2-3-13(14)24-9-21-15(16(24)19(25)27)17-22-18(29-23-17)11-4-5-28-8-11/h2-3,6,9-11,26H,4-5,7-8H2,1H3. The summed E-state index contributed by atoms with van der Waals surface area (Å²) in [6, 6.07) is 4.81. The molecule has 150 valence electrons. The predicted octanol–water partition coefficient (Wildman–Crippen LogP) is 2.41. The maximum absolute atomic E-state index is 13.4. The Morgan fingerprint density at radius 2 is 2.24 bits per heavy atom. The third-order valence-corrected chi connectivity index (χ3v) is 5.52. The first-order chi connectivity index (χ1) is 14.1. The van der Waals surface area contributed by atoms with Crippen molar-refractivity contribution >= 4 is 28.2 Å². The second-order valence-corrected chi connectivity index (χ2v) is 7.60. The fraction of sp³-hybridized carbons (Fsp3) is 0.368. The molecule has 1 fully saturated rings. The molecular weight excluding hydrogens is 398 g/mol. The summed E-state index contributed by atoms with van der Waals surface area (Å²) in [5.74, 6) is 0.789. The van der Waals surface area contributed by atoms with Gasteiger partial charge >= 0.3 is 0 Å². The van der Waals surface area contributed by atoms with Gasteiger partial charge in [-0.15, -0.1) is 0 Å². The van der Waals surface area contributed by atoms with Gasteiger partial charge < -0.3 is 14.4 Å². The zero-order valence-electron chi connectivity index (χ0n) is 15.6. The van der Waals surface area contributed by atoms with Crippen molar-refractivity contribution < 1.29 is 14.4 Å². The lowest BCUT2D eigenvalue weighted by molar-refractivity contribution is 0.189. The van der Waals surface area contributed by atoms with E-state index in [4.69, 9.17) is 20.9 Å². The van der Waals surface area contributed by atoms with Crippen LogP contribution in [0.3, 0.4) is 0 Å². The van der Waals surface area contributed by atoms with E-state index in [9.17, 15) is 9.90 Å². The highest BCUT2D eigenvalue weighted by atomic mass is 35.5. The number of aromatic nitrogens is 5. The molecule has 0 spiro atoms. The third-order valence-electron chi connectivity index (χ3n) is 5.28. The first kappa shape index (κ1) is 18.3. The van der Waals surface area contributed by atoms with Crippen molar-refractivity contribution in [1.82, 2.24) is 24.1 Å². The van der Waals surface area contributed by atoms with E-state index in [1.807, 2.05) is 6.07 Å². The van der Waals surface area contributed by atoms with Gasteiger partial charge in [-0.1, -0.05) is 16.8 Å². The summed E-state index contributed by atoms with van der Waals surface area (Å²) in [5.41, 5.74) is 1.67. The number of rotatable bonds is 4. The number of hydrogen-bond donors (Lipinski definition) is 1. The highest BCUT2D eigenvalue weighted by Gasteiger charge is 2.27. The van der Waals surface area contributed by atoms with E-state index >= 15 is 0 Å². The lowest BCUT2D eigenvalue weighted by Gasteiger charge is -2.17. The highest BCUT2D eigenvalue weighted by molar-refractivity contribution is 6.31. The summed E-state index contributed by atoms with van der Waals surface area (Å²) in [6.07, 6.45) is 2.38. The molecule has 9 nitrogen and oxygen atoms in total. The summed E-state index contributed by atoms with van der Waals surface area (Å²) in [7, 11) is 0. The first-order valence-corrected chi connectivity index (χ1v) is 9.69. The number of ether oxygens (including phenoxy) is 1. The van der Waals surface area contributed by atoms with Crippen LogP contribution in [0.2, 0.25) is 5.02 Å². The summed E-state index contributed by atoms with van der Waals surface area (Å²) in [6.45, 7) is 2.77. The zero-order valence-corrected chi connectivity index (χ0v) is 16.3. The maximum atomic E-state index is 13.4. The van der Waals surface area contributed by atoms with Gasteiger partial charge in [0.1, 0.15) is 17.5 Å². The second kappa shape index (κ2) is 6.94. The number of aliphatic hydroxyl groups excluding tert-OH is 1. The molecule has 2 unspecified atom stereocenters. The van der Waals surface area contributed by atoms with Crippen LogP contribution in [0, 0.1) is 0 Å². The molecule has 2 atom stereocenters. The number of halogens is 1. The number of fused-ring (bicyclic) bond motifs is 3. The van der Waals surface area contributed by atoms with Crippen molar-refractivity contribution in [3.8, 4) is 11.5 Å². The van der Waals surface area contributed by atoms with Crippen LogP contribution in [0.5, 0.6) is 0 Å². The molecule has 29 heavy (non-hydrogen) atoms. The van der Waals surface area contributed by atoms with Crippen LogP contribution >= 0.6 is 11.6 Å². The highest BCUT2D eigenvalue weighted by Crippen LogP contribution is 2.28. The molecular formula is C19H18ClN5O4. The fourth-order valence-corrected chi connectivity index (χ4v) is 3.93. The van der Waals surface area contributed by atoms with Gasteiger partial charge in [0.2, 0.25) is 11.7 Å². The molecule has 1 aromatic carbocycles. The molecule has 1 aliphatic rings. The Morgan fingerprint density at radius 3 is 3.00 bits per heavy atom. The number of benzene rings is 1. The monoisotopic (exact) mass is 415 g/mol. The van der Waals surface area contributed by atoms with Crippen LogP contribution in [0.15, 0.2) is 33.8 Å². The Bertz CT molecular complexity index is 1270. The molecule has 1 aliphatic heterocycles. The van der Waals surface area contributed by atoms with E-state index in [0.29, 0.717) is 40.9 Å². The van der Waals surface area contributed by atoms with Crippen LogP contribution in [0.1, 0.15) is 31.2 Å². The number of hydrogen-bond acceptors (Lipinski definition) is 7. The van der Waals surface area contributed by atoms with Crippen LogP contribution in [-0.2, 0) is 4.74 Å². The van der Waals surface area contributed by atoms with Crippen molar-refractivity contribution in [1.29, 1.82) is 0 Å². The molecule has 10 heteroatoms. The van der Waals surface area contributed by atoms with Crippen molar-refractivity contribution in [2.45, 2.75) is 25.3 Å². The van der Waals surface area contributed by atoms with Crippen molar-refractivity contribution in [2.75, 3.05) is 19.8 Å². The van der Waals surface area contributed by atoms with Gasteiger partial charge in [0.25, 0.3) is 5.56 Å². The summed E-state index contributed by atoms with van der Waals surface area (Å²) in [5, 5.41) is 14.3.